The molecule has 0 spiro atoms. The van der Waals surface area contributed by atoms with E-state index in [4.69, 9.17) is 0 Å². The molecular formula is C26H37N3OS2. The van der Waals surface area contributed by atoms with E-state index < -0.39 is 0 Å². The fraction of sp³-hybridized carbons (Fsp3) is 0.500. The van der Waals surface area contributed by atoms with Crippen molar-refractivity contribution in [3.8, 4) is 0 Å². The maximum absolute atomic E-state index is 13.1. The van der Waals surface area contributed by atoms with Crippen molar-refractivity contribution in [2.75, 3.05) is 42.4 Å². The predicted octanol–water partition coefficient (Wildman–Crippen LogP) is 6.84. The standard InChI is InChI=1S/C26H37N3OS2/c1-18(2)22-9-7-10-23(19(3)4)24(22)28-25(30)27-17-26(31-15-8-16-32-26)20-11-13-21(14-12-20)29(5)6/h7,9-14,18-19H,8,15-17H2,1-6H3,(H2,27,28,30). The summed E-state index contributed by atoms with van der Waals surface area (Å²) < 4.78 is -0.154. The van der Waals surface area contributed by atoms with Crippen molar-refractivity contribution >= 4 is 40.9 Å². The highest BCUT2D eigenvalue weighted by molar-refractivity contribution is 8.18. The lowest BCUT2D eigenvalue weighted by atomic mass is 9.93. The van der Waals surface area contributed by atoms with Gasteiger partial charge in [0.25, 0.3) is 0 Å². The van der Waals surface area contributed by atoms with Gasteiger partial charge >= 0.3 is 6.03 Å². The smallest absolute Gasteiger partial charge is 0.319 e. The first-order valence-electron chi connectivity index (χ1n) is 11.5. The summed E-state index contributed by atoms with van der Waals surface area (Å²) in [4.78, 5) is 15.2. The topological polar surface area (TPSA) is 44.4 Å². The van der Waals surface area contributed by atoms with E-state index in [1.165, 1.54) is 28.8 Å². The summed E-state index contributed by atoms with van der Waals surface area (Å²) in [6.45, 7) is 9.28. The summed E-state index contributed by atoms with van der Waals surface area (Å²) in [5.41, 5.74) is 5.78. The quantitative estimate of drug-likeness (QED) is 0.464. The molecule has 0 aliphatic carbocycles. The van der Waals surface area contributed by atoms with Crippen molar-refractivity contribution < 1.29 is 4.79 Å². The van der Waals surface area contributed by atoms with Crippen LogP contribution in [0.15, 0.2) is 42.5 Å². The van der Waals surface area contributed by atoms with Gasteiger partial charge in [0, 0.05) is 32.0 Å². The molecule has 3 rings (SSSR count). The van der Waals surface area contributed by atoms with Crippen LogP contribution in [-0.2, 0) is 4.08 Å². The van der Waals surface area contributed by atoms with Gasteiger partial charge in [-0.1, -0.05) is 58.0 Å². The van der Waals surface area contributed by atoms with Crippen LogP contribution in [0.1, 0.15) is 62.6 Å². The maximum atomic E-state index is 13.1. The molecule has 4 nitrogen and oxygen atoms in total. The van der Waals surface area contributed by atoms with Crippen molar-refractivity contribution in [1.29, 1.82) is 0 Å². The third-order valence-corrected chi connectivity index (χ3v) is 9.26. The summed E-state index contributed by atoms with van der Waals surface area (Å²) >= 11 is 3.90. The number of hydrogen-bond donors (Lipinski definition) is 2. The Hall–Kier alpha value is -1.79. The molecule has 2 amide bonds. The molecule has 6 heteroatoms. The van der Waals surface area contributed by atoms with Crippen LogP contribution < -0.4 is 15.5 Å². The second-order valence-corrected chi connectivity index (χ2v) is 12.2. The molecular weight excluding hydrogens is 434 g/mol. The molecule has 0 atom stereocenters. The number of carbonyl (C=O) groups excluding carboxylic acids is 1. The molecule has 1 fully saturated rings. The van der Waals surface area contributed by atoms with Crippen LogP contribution in [0.5, 0.6) is 0 Å². The van der Waals surface area contributed by atoms with Crippen molar-refractivity contribution in [2.24, 2.45) is 0 Å². The zero-order chi connectivity index (χ0) is 23.3. The first-order valence-corrected chi connectivity index (χ1v) is 13.4. The normalized spacial score (nSPS) is 15.6. The SMILES string of the molecule is CC(C)c1cccc(C(C)C)c1NC(=O)NCC1(c2ccc(N(C)C)cc2)SCCCS1. The van der Waals surface area contributed by atoms with E-state index in [0.29, 0.717) is 18.4 Å². The number of thioether (sulfide) groups is 2. The zero-order valence-electron chi connectivity index (χ0n) is 20.2. The van der Waals surface area contributed by atoms with Gasteiger partial charge in [0.2, 0.25) is 0 Å². The first kappa shape index (κ1) is 24.8. The Morgan fingerprint density at radius 1 is 0.969 bits per heavy atom. The van der Waals surface area contributed by atoms with E-state index in [-0.39, 0.29) is 10.1 Å². The lowest BCUT2D eigenvalue weighted by Gasteiger charge is -2.37. The minimum atomic E-state index is -0.154. The molecule has 2 aromatic rings. The van der Waals surface area contributed by atoms with E-state index >= 15 is 0 Å². The molecule has 1 aliphatic rings. The van der Waals surface area contributed by atoms with Crippen LogP contribution in [-0.4, -0.2) is 38.2 Å². The monoisotopic (exact) mass is 471 g/mol. The lowest BCUT2D eigenvalue weighted by Crippen LogP contribution is -2.40. The average Bonchev–Trinajstić information content (AvgIpc) is 2.78. The van der Waals surface area contributed by atoms with Crippen molar-refractivity contribution in [3.05, 3.63) is 59.2 Å². The molecule has 0 aromatic heterocycles. The number of urea groups is 1. The van der Waals surface area contributed by atoms with Gasteiger partial charge in [-0.3, -0.25) is 0 Å². The van der Waals surface area contributed by atoms with E-state index in [0.717, 1.165) is 17.2 Å². The third kappa shape index (κ3) is 5.76. The van der Waals surface area contributed by atoms with Crippen LogP contribution in [0.2, 0.25) is 0 Å². The van der Waals surface area contributed by atoms with E-state index in [1.54, 1.807) is 0 Å². The van der Waals surface area contributed by atoms with Crippen LogP contribution in [0.3, 0.4) is 0 Å². The van der Waals surface area contributed by atoms with Crippen molar-refractivity contribution in [1.82, 2.24) is 5.32 Å². The van der Waals surface area contributed by atoms with Crippen LogP contribution in [0.25, 0.3) is 0 Å². The number of nitrogens with one attached hydrogen (secondary N) is 2. The molecule has 1 aliphatic heterocycles. The van der Waals surface area contributed by atoms with Gasteiger partial charge in [0.05, 0.1) is 0 Å². The number of benzene rings is 2. The number of anilines is 2. The Morgan fingerprint density at radius 3 is 2.03 bits per heavy atom. The summed E-state index contributed by atoms with van der Waals surface area (Å²) in [6, 6.07) is 15.0. The molecule has 1 saturated heterocycles. The van der Waals surface area contributed by atoms with Gasteiger partial charge in [-0.05, 0) is 58.6 Å². The van der Waals surface area contributed by atoms with Crippen molar-refractivity contribution in [2.45, 2.75) is 50.0 Å². The van der Waals surface area contributed by atoms with E-state index in [9.17, 15) is 4.79 Å². The number of rotatable bonds is 7. The minimum absolute atomic E-state index is 0.129. The van der Waals surface area contributed by atoms with Gasteiger partial charge in [-0.25, -0.2) is 4.79 Å². The highest BCUT2D eigenvalue weighted by atomic mass is 32.2. The third-order valence-electron chi connectivity index (χ3n) is 5.88. The number of carbonyl (C=O) groups is 1. The summed E-state index contributed by atoms with van der Waals surface area (Å²) in [6.07, 6.45) is 1.21. The molecule has 2 aromatic carbocycles. The summed E-state index contributed by atoms with van der Waals surface area (Å²) in [7, 11) is 4.11. The largest absolute Gasteiger partial charge is 0.378 e. The van der Waals surface area contributed by atoms with Gasteiger partial charge in [0.15, 0.2) is 0 Å². The van der Waals surface area contributed by atoms with Gasteiger partial charge < -0.3 is 15.5 Å². The van der Waals surface area contributed by atoms with E-state index in [2.05, 4.69) is 99.8 Å². The summed E-state index contributed by atoms with van der Waals surface area (Å²) in [5, 5.41) is 6.41. The Balaban J connectivity index is 1.78. The summed E-state index contributed by atoms with van der Waals surface area (Å²) in [5.74, 6) is 2.91. The molecule has 0 unspecified atom stereocenters. The zero-order valence-corrected chi connectivity index (χ0v) is 21.8. The predicted molar refractivity (Wildman–Crippen MR) is 144 cm³/mol. The highest BCUT2D eigenvalue weighted by Gasteiger charge is 2.36. The molecule has 2 N–H and O–H groups in total. The average molecular weight is 472 g/mol. The number of nitrogens with zero attached hydrogens (tertiary/aromatic N) is 1. The highest BCUT2D eigenvalue weighted by Crippen LogP contribution is 2.50. The Morgan fingerprint density at radius 2 is 1.53 bits per heavy atom. The molecule has 174 valence electrons. The molecule has 1 heterocycles. The second-order valence-electron chi connectivity index (χ2n) is 9.17. The molecule has 0 bridgehead atoms. The first-order chi connectivity index (χ1) is 15.2. The Kier molecular flexibility index (Phi) is 8.45. The van der Waals surface area contributed by atoms with Crippen LogP contribution in [0.4, 0.5) is 16.2 Å². The van der Waals surface area contributed by atoms with Crippen LogP contribution in [0, 0.1) is 0 Å². The number of amides is 2. The van der Waals surface area contributed by atoms with E-state index in [1.807, 2.05) is 23.5 Å². The molecule has 0 radical (unpaired) electrons. The number of hydrogen-bond acceptors (Lipinski definition) is 4. The molecule has 0 saturated carbocycles. The van der Waals surface area contributed by atoms with Gasteiger partial charge in [-0.2, -0.15) is 0 Å². The Bertz CT molecular complexity index is 878. The Labute approximate surface area is 202 Å². The van der Waals surface area contributed by atoms with Gasteiger partial charge in [-0.15, -0.1) is 23.5 Å². The fourth-order valence-corrected chi connectivity index (χ4v) is 7.22. The maximum Gasteiger partial charge on any atom is 0.319 e. The lowest BCUT2D eigenvalue weighted by molar-refractivity contribution is 0.252. The number of para-hydroxylation sites is 1. The van der Waals surface area contributed by atoms with Gasteiger partial charge in [0.1, 0.15) is 4.08 Å². The minimum Gasteiger partial charge on any atom is -0.378 e. The molecule has 32 heavy (non-hydrogen) atoms. The van der Waals surface area contributed by atoms with Crippen LogP contribution >= 0.6 is 23.5 Å². The fourth-order valence-electron chi connectivity index (χ4n) is 4.01. The van der Waals surface area contributed by atoms with Crippen molar-refractivity contribution in [3.63, 3.8) is 0 Å². The second kappa shape index (κ2) is 10.9.